The molecule has 0 aliphatic rings. The number of anilines is 2. The molecule has 0 bridgehead atoms. The maximum Gasteiger partial charge on any atom is 0.262 e. The summed E-state index contributed by atoms with van der Waals surface area (Å²) < 4.78 is 5.61. The summed E-state index contributed by atoms with van der Waals surface area (Å²) in [4.78, 5) is 28.2. The molecule has 2 amide bonds. The normalized spacial score (nSPS) is 10.2. The van der Waals surface area contributed by atoms with Crippen LogP contribution >= 0.6 is 0 Å². The summed E-state index contributed by atoms with van der Waals surface area (Å²) in [6.45, 7) is 1.97. The Hall–Kier alpha value is -3.67. The zero-order valence-electron chi connectivity index (χ0n) is 15.5. The molecule has 3 rings (SSSR count). The molecule has 0 fully saturated rings. The van der Waals surface area contributed by atoms with Gasteiger partial charge in [0.1, 0.15) is 5.75 Å². The predicted octanol–water partition coefficient (Wildman–Crippen LogP) is 3.91. The molecule has 0 unspecified atom stereocenters. The third kappa shape index (κ3) is 5.17. The molecule has 0 saturated heterocycles. The van der Waals surface area contributed by atoms with E-state index in [1.807, 2.05) is 31.2 Å². The smallest absolute Gasteiger partial charge is 0.262 e. The van der Waals surface area contributed by atoms with E-state index < -0.39 is 0 Å². The Labute approximate surface area is 163 Å². The number of aryl methyl sites for hydroxylation is 1. The largest absolute Gasteiger partial charge is 0.483 e. The van der Waals surface area contributed by atoms with Crippen LogP contribution in [0.1, 0.15) is 22.8 Å². The van der Waals surface area contributed by atoms with Gasteiger partial charge in [-0.1, -0.05) is 25.1 Å². The summed E-state index contributed by atoms with van der Waals surface area (Å²) in [7, 11) is 0. The zero-order valence-corrected chi connectivity index (χ0v) is 15.5. The fourth-order valence-electron chi connectivity index (χ4n) is 2.61. The van der Waals surface area contributed by atoms with Crippen molar-refractivity contribution in [2.75, 3.05) is 17.2 Å². The maximum atomic E-state index is 12.1. The van der Waals surface area contributed by atoms with Crippen molar-refractivity contribution in [3.63, 3.8) is 0 Å². The molecule has 142 valence electrons. The molecule has 6 nitrogen and oxygen atoms in total. The molecular weight excluding hydrogens is 354 g/mol. The van der Waals surface area contributed by atoms with E-state index in [0.29, 0.717) is 22.7 Å². The number of aromatic nitrogens is 1. The van der Waals surface area contributed by atoms with Crippen molar-refractivity contribution in [3.05, 3.63) is 84.2 Å². The summed E-state index contributed by atoms with van der Waals surface area (Å²) in [5, 5.41) is 5.56. The van der Waals surface area contributed by atoms with E-state index in [2.05, 4.69) is 15.6 Å². The Bertz CT molecular complexity index is 941. The second kappa shape index (κ2) is 9.32. The third-order valence-electron chi connectivity index (χ3n) is 4.06. The van der Waals surface area contributed by atoms with Crippen LogP contribution in [0.2, 0.25) is 0 Å². The van der Waals surface area contributed by atoms with Gasteiger partial charge in [-0.15, -0.1) is 0 Å². The molecule has 2 aromatic carbocycles. The molecule has 0 aliphatic heterocycles. The second-order valence-corrected chi connectivity index (χ2v) is 6.07. The van der Waals surface area contributed by atoms with Crippen molar-refractivity contribution in [2.24, 2.45) is 0 Å². The van der Waals surface area contributed by atoms with Crippen LogP contribution in [0.3, 0.4) is 0 Å². The van der Waals surface area contributed by atoms with Crippen LogP contribution in [0.5, 0.6) is 5.75 Å². The monoisotopic (exact) mass is 375 g/mol. The molecule has 0 radical (unpaired) electrons. The first kappa shape index (κ1) is 19.1. The Morgan fingerprint density at radius 3 is 2.32 bits per heavy atom. The number of para-hydroxylation sites is 1. The average molecular weight is 375 g/mol. The van der Waals surface area contributed by atoms with Crippen molar-refractivity contribution in [1.29, 1.82) is 0 Å². The van der Waals surface area contributed by atoms with E-state index in [4.69, 9.17) is 4.74 Å². The number of nitrogens with zero attached hydrogens (tertiary/aromatic N) is 1. The van der Waals surface area contributed by atoms with E-state index in [1.165, 1.54) is 6.20 Å². The number of nitrogens with one attached hydrogen (secondary N) is 2. The lowest BCUT2D eigenvalue weighted by Gasteiger charge is -2.11. The van der Waals surface area contributed by atoms with Crippen molar-refractivity contribution in [3.8, 4) is 5.75 Å². The number of hydrogen-bond donors (Lipinski definition) is 2. The van der Waals surface area contributed by atoms with Crippen molar-refractivity contribution < 1.29 is 14.3 Å². The Morgan fingerprint density at radius 2 is 1.64 bits per heavy atom. The van der Waals surface area contributed by atoms with Gasteiger partial charge in [0, 0.05) is 23.8 Å². The van der Waals surface area contributed by atoms with Crippen LogP contribution in [-0.4, -0.2) is 23.4 Å². The molecule has 0 saturated carbocycles. The Balaban J connectivity index is 1.52. The van der Waals surface area contributed by atoms with E-state index in [1.54, 1.807) is 42.6 Å². The van der Waals surface area contributed by atoms with Gasteiger partial charge in [-0.2, -0.15) is 0 Å². The van der Waals surface area contributed by atoms with Crippen LogP contribution in [0.4, 0.5) is 11.4 Å². The summed E-state index contributed by atoms with van der Waals surface area (Å²) in [6, 6.07) is 17.9. The van der Waals surface area contributed by atoms with E-state index >= 15 is 0 Å². The lowest BCUT2D eigenvalue weighted by atomic mass is 10.1. The lowest BCUT2D eigenvalue weighted by molar-refractivity contribution is -0.118. The SMILES string of the molecule is CCc1ccccc1OCC(=O)Nc1ccc(NC(=O)c2cccnc2)cc1. The van der Waals surface area contributed by atoms with E-state index in [-0.39, 0.29) is 18.4 Å². The molecule has 0 atom stereocenters. The highest BCUT2D eigenvalue weighted by Crippen LogP contribution is 2.18. The first-order valence-electron chi connectivity index (χ1n) is 8.97. The molecule has 1 heterocycles. The molecule has 0 spiro atoms. The second-order valence-electron chi connectivity index (χ2n) is 6.07. The first-order chi connectivity index (χ1) is 13.7. The molecule has 0 aliphatic carbocycles. The van der Waals surface area contributed by atoms with Crippen LogP contribution < -0.4 is 15.4 Å². The highest BCUT2D eigenvalue weighted by molar-refractivity contribution is 6.04. The van der Waals surface area contributed by atoms with Gasteiger partial charge in [-0.05, 0) is 54.4 Å². The van der Waals surface area contributed by atoms with Gasteiger partial charge in [0.05, 0.1) is 5.56 Å². The topological polar surface area (TPSA) is 80.3 Å². The van der Waals surface area contributed by atoms with Crippen molar-refractivity contribution in [1.82, 2.24) is 4.98 Å². The third-order valence-corrected chi connectivity index (χ3v) is 4.06. The standard InChI is InChI=1S/C22H21N3O3/c1-2-16-6-3-4-8-20(16)28-15-21(26)24-18-9-11-19(12-10-18)25-22(27)17-7-5-13-23-14-17/h3-14H,2,15H2,1H3,(H,24,26)(H,25,27). The van der Waals surface area contributed by atoms with Crippen LogP contribution in [0.25, 0.3) is 0 Å². The van der Waals surface area contributed by atoms with Gasteiger partial charge in [0.2, 0.25) is 0 Å². The fourth-order valence-corrected chi connectivity index (χ4v) is 2.61. The number of hydrogen-bond acceptors (Lipinski definition) is 4. The average Bonchev–Trinajstić information content (AvgIpc) is 2.74. The highest BCUT2D eigenvalue weighted by Gasteiger charge is 2.08. The van der Waals surface area contributed by atoms with Gasteiger partial charge >= 0.3 is 0 Å². The molecule has 3 aromatic rings. The summed E-state index contributed by atoms with van der Waals surface area (Å²) in [6.07, 6.45) is 3.95. The van der Waals surface area contributed by atoms with Crippen molar-refractivity contribution >= 4 is 23.2 Å². The molecule has 28 heavy (non-hydrogen) atoms. The van der Waals surface area contributed by atoms with E-state index in [9.17, 15) is 9.59 Å². The maximum absolute atomic E-state index is 12.1. The van der Waals surface area contributed by atoms with Crippen molar-refractivity contribution in [2.45, 2.75) is 13.3 Å². The lowest BCUT2D eigenvalue weighted by Crippen LogP contribution is -2.20. The zero-order chi connectivity index (χ0) is 19.8. The highest BCUT2D eigenvalue weighted by atomic mass is 16.5. The Kier molecular flexibility index (Phi) is 6.36. The molecule has 6 heteroatoms. The molecule has 1 aromatic heterocycles. The van der Waals surface area contributed by atoms with Gasteiger partial charge in [0.25, 0.3) is 11.8 Å². The minimum absolute atomic E-state index is 0.0729. The van der Waals surface area contributed by atoms with Crippen LogP contribution in [-0.2, 0) is 11.2 Å². The number of rotatable bonds is 7. The minimum Gasteiger partial charge on any atom is -0.483 e. The summed E-state index contributed by atoms with van der Waals surface area (Å²) >= 11 is 0. The number of carbonyl (C=O) groups is 2. The predicted molar refractivity (Wildman–Crippen MR) is 109 cm³/mol. The molecule has 2 N–H and O–H groups in total. The van der Waals surface area contributed by atoms with Crippen LogP contribution in [0.15, 0.2) is 73.1 Å². The first-order valence-corrected chi connectivity index (χ1v) is 8.97. The van der Waals surface area contributed by atoms with E-state index in [0.717, 1.165) is 12.0 Å². The number of pyridine rings is 1. The van der Waals surface area contributed by atoms with Gasteiger partial charge in [0.15, 0.2) is 6.61 Å². The quantitative estimate of drug-likeness (QED) is 0.656. The summed E-state index contributed by atoms with van der Waals surface area (Å²) in [5.41, 5.74) is 2.78. The van der Waals surface area contributed by atoms with Gasteiger partial charge in [-0.3, -0.25) is 14.6 Å². The number of benzene rings is 2. The number of carbonyl (C=O) groups excluding carboxylic acids is 2. The van der Waals surface area contributed by atoms with Gasteiger partial charge in [-0.25, -0.2) is 0 Å². The molecular formula is C22H21N3O3. The minimum atomic E-state index is -0.252. The van der Waals surface area contributed by atoms with Gasteiger partial charge < -0.3 is 15.4 Å². The van der Waals surface area contributed by atoms with Crippen LogP contribution in [0, 0.1) is 0 Å². The number of amides is 2. The Morgan fingerprint density at radius 1 is 0.929 bits per heavy atom. The fraction of sp³-hybridized carbons (Fsp3) is 0.136. The number of ether oxygens (including phenoxy) is 1. The summed E-state index contributed by atoms with van der Waals surface area (Å²) in [5.74, 6) is 0.222.